The molecule has 0 aliphatic carbocycles. The first-order valence-corrected chi connectivity index (χ1v) is 4.56. The second-order valence-corrected chi connectivity index (χ2v) is 3.36. The van der Waals surface area contributed by atoms with Crippen molar-refractivity contribution < 1.29 is 14.6 Å². The number of rotatable bonds is 3. The molecule has 2 unspecified atom stereocenters. The van der Waals surface area contributed by atoms with Crippen molar-refractivity contribution in [3.63, 3.8) is 0 Å². The summed E-state index contributed by atoms with van der Waals surface area (Å²) in [6.45, 7) is 3.23. The average molecular weight is 172 g/mol. The van der Waals surface area contributed by atoms with E-state index in [4.69, 9.17) is 9.84 Å². The van der Waals surface area contributed by atoms with E-state index in [1.165, 1.54) is 0 Å². The molecule has 12 heavy (non-hydrogen) atoms. The van der Waals surface area contributed by atoms with Crippen molar-refractivity contribution in [1.82, 2.24) is 0 Å². The first kappa shape index (κ1) is 9.52. The van der Waals surface area contributed by atoms with Gasteiger partial charge in [0, 0.05) is 6.61 Å². The topological polar surface area (TPSA) is 46.5 Å². The van der Waals surface area contributed by atoms with E-state index in [2.05, 4.69) is 6.92 Å². The second-order valence-electron chi connectivity index (χ2n) is 3.36. The minimum Gasteiger partial charge on any atom is -0.481 e. The van der Waals surface area contributed by atoms with Gasteiger partial charge in [-0.25, -0.2) is 0 Å². The molecule has 1 fully saturated rings. The average Bonchev–Trinajstić information content (AvgIpc) is 2.05. The van der Waals surface area contributed by atoms with Crippen LogP contribution < -0.4 is 0 Å². The lowest BCUT2D eigenvalue weighted by Gasteiger charge is -2.28. The predicted octanol–water partition coefficient (Wildman–Crippen LogP) is 1.52. The Morgan fingerprint density at radius 1 is 1.67 bits per heavy atom. The fourth-order valence-corrected chi connectivity index (χ4v) is 1.77. The van der Waals surface area contributed by atoms with Crippen LogP contribution in [0.3, 0.4) is 0 Å². The zero-order chi connectivity index (χ0) is 8.97. The van der Waals surface area contributed by atoms with Crippen LogP contribution in [0.5, 0.6) is 0 Å². The van der Waals surface area contributed by atoms with Gasteiger partial charge in [0.1, 0.15) is 0 Å². The number of carboxylic acid groups (broad SMARTS) is 1. The van der Waals surface area contributed by atoms with Crippen molar-refractivity contribution in [3.05, 3.63) is 0 Å². The monoisotopic (exact) mass is 172 g/mol. The van der Waals surface area contributed by atoms with Gasteiger partial charge in [-0.15, -0.1) is 0 Å². The van der Waals surface area contributed by atoms with Gasteiger partial charge >= 0.3 is 5.97 Å². The Bertz CT molecular complexity index is 154. The van der Waals surface area contributed by atoms with Gasteiger partial charge < -0.3 is 9.84 Å². The van der Waals surface area contributed by atoms with E-state index in [-0.39, 0.29) is 5.92 Å². The van der Waals surface area contributed by atoms with E-state index in [1.807, 2.05) is 0 Å². The van der Waals surface area contributed by atoms with Crippen LogP contribution in [0.15, 0.2) is 0 Å². The Balaban J connectivity index is 2.48. The first-order chi connectivity index (χ1) is 5.75. The zero-order valence-electron chi connectivity index (χ0n) is 7.45. The Kier molecular flexibility index (Phi) is 3.53. The van der Waals surface area contributed by atoms with Gasteiger partial charge in [0.15, 0.2) is 0 Å². The van der Waals surface area contributed by atoms with E-state index < -0.39 is 5.97 Å². The lowest BCUT2D eigenvalue weighted by atomic mass is 9.85. The van der Waals surface area contributed by atoms with Crippen LogP contribution in [0.1, 0.15) is 26.2 Å². The molecular weight excluding hydrogens is 156 g/mol. The molecule has 0 amide bonds. The molecule has 0 radical (unpaired) electrons. The van der Waals surface area contributed by atoms with E-state index in [0.29, 0.717) is 12.5 Å². The Morgan fingerprint density at radius 2 is 2.42 bits per heavy atom. The maximum Gasteiger partial charge on any atom is 0.309 e. The van der Waals surface area contributed by atoms with Crippen molar-refractivity contribution in [2.75, 3.05) is 13.2 Å². The maximum absolute atomic E-state index is 10.8. The second kappa shape index (κ2) is 4.45. The van der Waals surface area contributed by atoms with Crippen LogP contribution in [-0.2, 0) is 9.53 Å². The van der Waals surface area contributed by atoms with Crippen LogP contribution >= 0.6 is 0 Å². The van der Waals surface area contributed by atoms with Gasteiger partial charge in [-0.05, 0) is 18.8 Å². The smallest absolute Gasteiger partial charge is 0.309 e. The highest BCUT2D eigenvalue weighted by atomic mass is 16.5. The van der Waals surface area contributed by atoms with Crippen LogP contribution in [0.25, 0.3) is 0 Å². The molecule has 1 rings (SSSR count). The normalized spacial score (nSPS) is 30.1. The fraction of sp³-hybridized carbons (Fsp3) is 0.889. The third kappa shape index (κ3) is 2.21. The molecule has 3 nitrogen and oxygen atoms in total. The van der Waals surface area contributed by atoms with Crippen LogP contribution in [-0.4, -0.2) is 24.3 Å². The minimum atomic E-state index is -0.701. The van der Waals surface area contributed by atoms with E-state index in [0.717, 1.165) is 25.9 Å². The van der Waals surface area contributed by atoms with Gasteiger partial charge in [0.05, 0.1) is 12.5 Å². The Hall–Kier alpha value is -0.570. The van der Waals surface area contributed by atoms with E-state index >= 15 is 0 Å². The molecule has 1 saturated heterocycles. The molecule has 70 valence electrons. The summed E-state index contributed by atoms with van der Waals surface area (Å²) in [5.74, 6) is -0.631. The van der Waals surface area contributed by atoms with Crippen molar-refractivity contribution in [2.45, 2.75) is 26.2 Å². The van der Waals surface area contributed by atoms with Crippen LogP contribution in [0, 0.1) is 11.8 Å². The highest BCUT2D eigenvalue weighted by Crippen LogP contribution is 2.26. The number of ether oxygens (including phenoxy) is 1. The number of hydrogen-bond acceptors (Lipinski definition) is 2. The molecule has 0 saturated carbocycles. The largest absolute Gasteiger partial charge is 0.481 e. The molecule has 0 bridgehead atoms. The summed E-state index contributed by atoms with van der Waals surface area (Å²) in [7, 11) is 0. The van der Waals surface area contributed by atoms with Gasteiger partial charge in [-0.3, -0.25) is 4.79 Å². The van der Waals surface area contributed by atoms with Crippen molar-refractivity contribution in [2.24, 2.45) is 11.8 Å². The van der Waals surface area contributed by atoms with Crippen LogP contribution in [0.4, 0.5) is 0 Å². The Labute approximate surface area is 72.7 Å². The number of carbonyl (C=O) groups is 1. The summed E-state index contributed by atoms with van der Waals surface area (Å²) in [4.78, 5) is 10.8. The van der Waals surface area contributed by atoms with Crippen molar-refractivity contribution in [3.8, 4) is 0 Å². The summed E-state index contributed by atoms with van der Waals surface area (Å²) in [6.07, 6.45) is 2.99. The highest BCUT2D eigenvalue weighted by Gasteiger charge is 2.30. The summed E-state index contributed by atoms with van der Waals surface area (Å²) in [5.41, 5.74) is 0. The van der Waals surface area contributed by atoms with Gasteiger partial charge in [0.2, 0.25) is 0 Å². The number of carboxylic acids is 1. The minimum absolute atomic E-state index is 0.265. The SMILES string of the molecule is CCCC1CCOCC1C(=O)O. The predicted molar refractivity (Wildman–Crippen MR) is 45.0 cm³/mol. The summed E-state index contributed by atoms with van der Waals surface area (Å²) < 4.78 is 5.14. The molecule has 0 aromatic heterocycles. The van der Waals surface area contributed by atoms with E-state index in [1.54, 1.807) is 0 Å². The molecule has 3 heteroatoms. The lowest BCUT2D eigenvalue weighted by molar-refractivity contribution is -0.149. The number of hydrogen-bond donors (Lipinski definition) is 1. The third-order valence-electron chi connectivity index (χ3n) is 2.48. The molecule has 1 heterocycles. The van der Waals surface area contributed by atoms with Crippen LogP contribution in [0.2, 0.25) is 0 Å². The van der Waals surface area contributed by atoms with Crippen molar-refractivity contribution >= 4 is 5.97 Å². The third-order valence-corrected chi connectivity index (χ3v) is 2.48. The number of aliphatic carboxylic acids is 1. The molecule has 1 aliphatic rings. The molecule has 1 N–H and O–H groups in total. The standard InChI is InChI=1S/C9H16O3/c1-2-3-7-4-5-12-6-8(7)9(10)11/h7-8H,2-6H2,1H3,(H,10,11). The first-order valence-electron chi connectivity index (χ1n) is 4.56. The highest BCUT2D eigenvalue weighted by molar-refractivity contribution is 5.70. The lowest BCUT2D eigenvalue weighted by Crippen LogP contribution is -2.33. The van der Waals surface area contributed by atoms with Gasteiger partial charge in [-0.1, -0.05) is 13.3 Å². The van der Waals surface area contributed by atoms with Gasteiger partial charge in [-0.2, -0.15) is 0 Å². The van der Waals surface area contributed by atoms with E-state index in [9.17, 15) is 4.79 Å². The molecule has 2 atom stereocenters. The van der Waals surface area contributed by atoms with Gasteiger partial charge in [0.25, 0.3) is 0 Å². The molecule has 0 aromatic carbocycles. The zero-order valence-corrected chi connectivity index (χ0v) is 7.45. The maximum atomic E-state index is 10.8. The quantitative estimate of drug-likeness (QED) is 0.702. The molecule has 1 aliphatic heterocycles. The Morgan fingerprint density at radius 3 is 3.00 bits per heavy atom. The summed E-state index contributed by atoms with van der Waals surface area (Å²) >= 11 is 0. The summed E-state index contributed by atoms with van der Waals surface area (Å²) in [6, 6.07) is 0. The molecule has 0 spiro atoms. The molecule has 0 aromatic rings. The molecular formula is C9H16O3. The fourth-order valence-electron chi connectivity index (χ4n) is 1.77. The summed E-state index contributed by atoms with van der Waals surface area (Å²) in [5, 5.41) is 8.86. The van der Waals surface area contributed by atoms with Crippen molar-refractivity contribution in [1.29, 1.82) is 0 Å².